The average Bonchev–Trinajstić information content (AvgIpc) is 2.19. The summed E-state index contributed by atoms with van der Waals surface area (Å²) in [6.45, 7) is 0.764. The number of hydrogen-bond donors (Lipinski definition) is 1. The number of hydrogen-bond acceptors (Lipinski definition) is 4. The quantitative estimate of drug-likeness (QED) is 0.819. The van der Waals surface area contributed by atoms with Gasteiger partial charge in [-0.2, -0.15) is 22.5 Å². The number of ether oxygens (including phenoxy) is 1. The van der Waals surface area contributed by atoms with Crippen LogP contribution in [0.4, 0.5) is 23.5 Å². The summed E-state index contributed by atoms with van der Waals surface area (Å²) in [5, 5.41) is 2.46. The molecule has 0 fully saturated rings. The molecular formula is C8H9F4N3O. The van der Waals surface area contributed by atoms with Crippen molar-refractivity contribution >= 4 is 5.95 Å². The van der Waals surface area contributed by atoms with Crippen molar-refractivity contribution in [1.82, 2.24) is 9.97 Å². The fourth-order valence-electron chi connectivity index (χ4n) is 0.789. The van der Waals surface area contributed by atoms with Gasteiger partial charge in [-0.25, -0.2) is 4.98 Å². The van der Waals surface area contributed by atoms with Gasteiger partial charge in [0.2, 0.25) is 11.8 Å². The van der Waals surface area contributed by atoms with E-state index in [2.05, 4.69) is 20.0 Å². The molecule has 0 spiro atoms. The molecule has 0 aromatic carbocycles. The number of aromatic nitrogens is 2. The molecule has 0 aliphatic carbocycles. The van der Waals surface area contributed by atoms with Gasteiger partial charge in [0.15, 0.2) is 6.10 Å². The van der Waals surface area contributed by atoms with Crippen LogP contribution in [0.5, 0.6) is 5.88 Å². The van der Waals surface area contributed by atoms with Crippen LogP contribution in [-0.2, 0) is 0 Å². The molecule has 1 aromatic heterocycles. The first-order chi connectivity index (χ1) is 7.34. The Bertz CT molecular complexity index is 369. The number of nitrogens with zero attached hydrogens (tertiary/aromatic N) is 2. The Morgan fingerprint density at radius 2 is 2.06 bits per heavy atom. The highest BCUT2D eigenvalue weighted by atomic mass is 19.4. The van der Waals surface area contributed by atoms with Gasteiger partial charge in [-0.1, -0.05) is 0 Å². The lowest BCUT2D eigenvalue weighted by Crippen LogP contribution is -2.31. The number of nitrogens with one attached hydrogen (secondary N) is 1. The highest BCUT2D eigenvalue weighted by molar-refractivity contribution is 5.27. The molecule has 0 saturated carbocycles. The zero-order valence-corrected chi connectivity index (χ0v) is 8.47. The molecule has 0 bridgehead atoms. The lowest BCUT2D eigenvalue weighted by Gasteiger charge is -2.17. The van der Waals surface area contributed by atoms with Gasteiger partial charge in [0.1, 0.15) is 0 Å². The molecule has 0 aliphatic rings. The van der Waals surface area contributed by atoms with E-state index < -0.39 is 24.0 Å². The molecule has 0 aliphatic heterocycles. The molecule has 0 radical (unpaired) electrons. The largest absolute Gasteiger partial charge is 0.463 e. The minimum Gasteiger partial charge on any atom is -0.463 e. The Labute approximate surface area is 88.7 Å². The van der Waals surface area contributed by atoms with Gasteiger partial charge in [-0.3, -0.25) is 0 Å². The lowest BCUT2D eigenvalue weighted by molar-refractivity contribution is -0.190. The first-order valence-electron chi connectivity index (χ1n) is 4.28. The molecule has 1 unspecified atom stereocenters. The van der Waals surface area contributed by atoms with E-state index in [1.807, 2.05) is 0 Å². The van der Waals surface area contributed by atoms with Crippen LogP contribution in [0.1, 0.15) is 6.92 Å². The average molecular weight is 239 g/mol. The van der Waals surface area contributed by atoms with E-state index in [4.69, 9.17) is 0 Å². The van der Waals surface area contributed by atoms with Crippen LogP contribution < -0.4 is 10.1 Å². The van der Waals surface area contributed by atoms with E-state index in [1.54, 1.807) is 0 Å². The van der Waals surface area contributed by atoms with Crippen molar-refractivity contribution in [3.05, 3.63) is 12.0 Å². The summed E-state index contributed by atoms with van der Waals surface area (Å²) in [5.74, 6) is -1.80. The highest BCUT2D eigenvalue weighted by Gasteiger charge is 2.38. The van der Waals surface area contributed by atoms with Crippen LogP contribution in [0.3, 0.4) is 0 Å². The van der Waals surface area contributed by atoms with E-state index in [1.165, 1.54) is 7.05 Å². The zero-order valence-electron chi connectivity index (χ0n) is 8.47. The Morgan fingerprint density at radius 1 is 1.44 bits per heavy atom. The summed E-state index contributed by atoms with van der Waals surface area (Å²) >= 11 is 0. The van der Waals surface area contributed by atoms with Crippen LogP contribution in [0.2, 0.25) is 0 Å². The van der Waals surface area contributed by atoms with Crippen molar-refractivity contribution in [3.63, 3.8) is 0 Å². The Balaban J connectivity index is 2.88. The first kappa shape index (κ1) is 12.5. The maximum absolute atomic E-state index is 13.0. The van der Waals surface area contributed by atoms with Crippen molar-refractivity contribution in [2.45, 2.75) is 19.2 Å². The maximum atomic E-state index is 13.0. The maximum Gasteiger partial charge on any atom is 0.425 e. The smallest absolute Gasteiger partial charge is 0.425 e. The third-order valence-electron chi connectivity index (χ3n) is 1.68. The second kappa shape index (κ2) is 4.50. The molecule has 1 N–H and O–H groups in total. The monoisotopic (exact) mass is 239 g/mol. The highest BCUT2D eigenvalue weighted by Crippen LogP contribution is 2.25. The topological polar surface area (TPSA) is 47.0 Å². The van der Waals surface area contributed by atoms with Crippen LogP contribution >= 0.6 is 0 Å². The van der Waals surface area contributed by atoms with Gasteiger partial charge < -0.3 is 10.1 Å². The van der Waals surface area contributed by atoms with Gasteiger partial charge in [0, 0.05) is 7.05 Å². The second-order valence-electron chi connectivity index (χ2n) is 2.90. The van der Waals surface area contributed by atoms with Crippen molar-refractivity contribution in [1.29, 1.82) is 0 Å². The zero-order chi connectivity index (χ0) is 12.3. The molecular weight excluding hydrogens is 230 g/mol. The third kappa shape index (κ3) is 2.94. The van der Waals surface area contributed by atoms with E-state index in [9.17, 15) is 17.6 Å². The molecule has 1 aromatic rings. The third-order valence-corrected chi connectivity index (χ3v) is 1.68. The molecule has 1 rings (SSSR count). The van der Waals surface area contributed by atoms with Crippen LogP contribution in [0, 0.1) is 5.82 Å². The lowest BCUT2D eigenvalue weighted by atomic mass is 10.4. The Hall–Kier alpha value is -1.60. The van der Waals surface area contributed by atoms with Crippen molar-refractivity contribution < 1.29 is 22.3 Å². The molecule has 16 heavy (non-hydrogen) atoms. The minimum absolute atomic E-state index is 0.0224. The van der Waals surface area contributed by atoms with Crippen LogP contribution in [-0.4, -0.2) is 29.3 Å². The molecule has 90 valence electrons. The Morgan fingerprint density at radius 3 is 2.56 bits per heavy atom. The van der Waals surface area contributed by atoms with Crippen LogP contribution in [0.25, 0.3) is 0 Å². The molecule has 1 atom stereocenters. The summed E-state index contributed by atoms with van der Waals surface area (Å²) in [4.78, 5) is 6.89. The predicted octanol–water partition coefficient (Wildman–Crippen LogP) is 1.99. The number of anilines is 1. The number of rotatable bonds is 3. The molecule has 0 amide bonds. The SMILES string of the molecule is CNc1ncc(F)c(OC(C)C(F)(F)F)n1. The van der Waals surface area contributed by atoms with Crippen molar-refractivity contribution in [2.24, 2.45) is 0 Å². The van der Waals surface area contributed by atoms with E-state index in [0.717, 1.165) is 13.1 Å². The minimum atomic E-state index is -4.57. The van der Waals surface area contributed by atoms with Crippen molar-refractivity contribution in [3.8, 4) is 5.88 Å². The van der Waals surface area contributed by atoms with Gasteiger partial charge >= 0.3 is 6.18 Å². The fourth-order valence-corrected chi connectivity index (χ4v) is 0.789. The summed E-state index contributed by atoms with van der Waals surface area (Å²) < 4.78 is 53.8. The van der Waals surface area contributed by atoms with Gasteiger partial charge in [0.25, 0.3) is 5.88 Å². The van der Waals surface area contributed by atoms with Gasteiger partial charge in [0.05, 0.1) is 6.20 Å². The summed E-state index contributed by atoms with van der Waals surface area (Å²) in [5.41, 5.74) is 0. The van der Waals surface area contributed by atoms with E-state index >= 15 is 0 Å². The first-order valence-corrected chi connectivity index (χ1v) is 4.28. The summed E-state index contributed by atoms with van der Waals surface area (Å²) in [6.07, 6.45) is -5.98. The fraction of sp³-hybridized carbons (Fsp3) is 0.500. The predicted molar refractivity (Wildman–Crippen MR) is 47.7 cm³/mol. The molecule has 0 saturated heterocycles. The summed E-state index contributed by atoms with van der Waals surface area (Å²) in [6, 6.07) is 0. The normalized spacial score (nSPS) is 13.4. The molecule has 1 heterocycles. The van der Waals surface area contributed by atoms with Gasteiger partial charge in [-0.15, -0.1) is 0 Å². The molecule has 8 heteroatoms. The van der Waals surface area contributed by atoms with Crippen molar-refractivity contribution in [2.75, 3.05) is 12.4 Å². The van der Waals surface area contributed by atoms with Crippen LogP contribution in [0.15, 0.2) is 6.20 Å². The number of alkyl halides is 3. The Kier molecular flexibility index (Phi) is 3.51. The van der Waals surface area contributed by atoms with E-state index in [-0.39, 0.29) is 5.95 Å². The number of halogens is 4. The van der Waals surface area contributed by atoms with E-state index in [0.29, 0.717) is 0 Å². The summed E-state index contributed by atoms with van der Waals surface area (Å²) in [7, 11) is 1.45. The standard InChI is InChI=1S/C8H9F4N3O/c1-4(8(10,11)12)16-6-5(9)3-14-7(13-2)15-6/h3-4H,1-2H3,(H,13,14,15). The molecule has 4 nitrogen and oxygen atoms in total. The van der Waals surface area contributed by atoms with Gasteiger partial charge in [-0.05, 0) is 6.92 Å². The second-order valence-corrected chi connectivity index (χ2v) is 2.90.